The molecule has 24 heavy (non-hydrogen) atoms. The molecule has 0 fully saturated rings. The molecule has 120 valence electrons. The van der Waals surface area contributed by atoms with Crippen molar-refractivity contribution < 1.29 is 14.7 Å². The van der Waals surface area contributed by atoms with Gasteiger partial charge in [0.05, 0.1) is 23.9 Å². The van der Waals surface area contributed by atoms with Crippen molar-refractivity contribution in [2.24, 2.45) is 0 Å². The van der Waals surface area contributed by atoms with Gasteiger partial charge >= 0.3 is 5.97 Å². The quantitative estimate of drug-likeness (QED) is 0.757. The van der Waals surface area contributed by atoms with Crippen molar-refractivity contribution >= 4 is 39.9 Å². The van der Waals surface area contributed by atoms with E-state index in [0.717, 1.165) is 10.9 Å². The summed E-state index contributed by atoms with van der Waals surface area (Å²) in [6.07, 6.45) is 3.28. The molecule has 0 bridgehead atoms. The van der Waals surface area contributed by atoms with Crippen LogP contribution in [0.15, 0.2) is 54.9 Å². The lowest BCUT2D eigenvalue weighted by Crippen LogP contribution is -2.15. The maximum Gasteiger partial charge on any atom is 0.335 e. The normalized spacial score (nSPS) is 10.5. The Morgan fingerprint density at radius 3 is 2.71 bits per heavy atom. The van der Waals surface area contributed by atoms with E-state index in [0.29, 0.717) is 16.1 Å². The zero-order valence-corrected chi connectivity index (χ0v) is 13.2. The van der Waals surface area contributed by atoms with E-state index in [-0.39, 0.29) is 17.9 Å². The Bertz CT molecular complexity index is 940. The Hall–Kier alpha value is -2.92. The molecule has 0 aliphatic rings. The van der Waals surface area contributed by atoms with Gasteiger partial charge in [0.1, 0.15) is 0 Å². The van der Waals surface area contributed by atoms with Crippen molar-refractivity contribution in [3.05, 3.63) is 71.0 Å². The van der Waals surface area contributed by atoms with Crippen molar-refractivity contribution in [2.75, 3.05) is 5.32 Å². The highest BCUT2D eigenvalue weighted by molar-refractivity contribution is 6.30. The van der Waals surface area contributed by atoms with E-state index < -0.39 is 5.97 Å². The zero-order chi connectivity index (χ0) is 17.1. The smallest absolute Gasteiger partial charge is 0.335 e. The van der Waals surface area contributed by atoms with E-state index in [4.69, 9.17) is 16.7 Å². The molecule has 3 rings (SSSR count). The molecule has 1 amide bonds. The summed E-state index contributed by atoms with van der Waals surface area (Å²) in [4.78, 5) is 27.5. The number of hydrogen-bond donors (Lipinski definition) is 2. The Kier molecular flexibility index (Phi) is 4.44. The summed E-state index contributed by atoms with van der Waals surface area (Å²) in [5.74, 6) is -1.25. The highest BCUT2D eigenvalue weighted by atomic mass is 35.5. The third-order valence-corrected chi connectivity index (χ3v) is 3.77. The summed E-state index contributed by atoms with van der Waals surface area (Å²) < 4.78 is 0. The van der Waals surface area contributed by atoms with E-state index in [1.807, 2.05) is 6.07 Å². The summed E-state index contributed by atoms with van der Waals surface area (Å²) >= 11 is 5.92. The lowest BCUT2D eigenvalue weighted by atomic mass is 10.1. The average Bonchev–Trinajstić information content (AvgIpc) is 2.54. The number of halogens is 1. The molecule has 5 nitrogen and oxygen atoms in total. The average molecular weight is 341 g/mol. The summed E-state index contributed by atoms with van der Waals surface area (Å²) in [6.45, 7) is 0. The molecule has 0 saturated carbocycles. The molecule has 3 aromatic rings. The Balaban J connectivity index is 1.87. The molecule has 2 aromatic carbocycles. The summed E-state index contributed by atoms with van der Waals surface area (Å²) in [7, 11) is 0. The van der Waals surface area contributed by atoms with Crippen molar-refractivity contribution in [1.29, 1.82) is 0 Å². The SMILES string of the molecule is O=C(Cc1cccc(Cl)c1)Nc1cncc2ccc(C(=O)O)cc12. The molecule has 1 aromatic heterocycles. The zero-order valence-electron chi connectivity index (χ0n) is 12.5. The standard InChI is InChI=1S/C18H13ClN2O3/c19-14-3-1-2-11(6-14)7-17(22)21-16-10-20-9-13-5-4-12(18(23)24)8-15(13)16/h1-6,8-10H,7H2,(H,21,22)(H,23,24). The van der Waals surface area contributed by atoms with Crippen molar-refractivity contribution in [2.45, 2.75) is 6.42 Å². The molecule has 1 heterocycles. The molecule has 0 unspecified atom stereocenters. The van der Waals surface area contributed by atoms with Crippen LogP contribution >= 0.6 is 11.6 Å². The lowest BCUT2D eigenvalue weighted by molar-refractivity contribution is -0.115. The number of amides is 1. The number of aromatic carboxylic acids is 1. The Morgan fingerprint density at radius 1 is 1.12 bits per heavy atom. The number of anilines is 1. The lowest BCUT2D eigenvalue weighted by Gasteiger charge is -2.09. The van der Waals surface area contributed by atoms with Crippen molar-refractivity contribution in [3.63, 3.8) is 0 Å². The van der Waals surface area contributed by atoms with Gasteiger partial charge < -0.3 is 10.4 Å². The van der Waals surface area contributed by atoms with Gasteiger partial charge in [0.25, 0.3) is 0 Å². The molecular formula is C18H13ClN2O3. The van der Waals surface area contributed by atoms with Gasteiger partial charge in [-0.25, -0.2) is 4.79 Å². The van der Waals surface area contributed by atoms with Crippen LogP contribution in [-0.4, -0.2) is 22.0 Å². The maximum atomic E-state index is 12.3. The molecule has 0 aliphatic carbocycles. The number of hydrogen-bond acceptors (Lipinski definition) is 3. The van der Waals surface area contributed by atoms with Gasteiger partial charge in [-0.15, -0.1) is 0 Å². The first-order valence-electron chi connectivity index (χ1n) is 7.18. The molecule has 0 radical (unpaired) electrons. The van der Waals surface area contributed by atoms with Crippen LogP contribution in [0.5, 0.6) is 0 Å². The van der Waals surface area contributed by atoms with Crippen LogP contribution in [0.4, 0.5) is 5.69 Å². The number of aromatic nitrogens is 1. The topological polar surface area (TPSA) is 79.3 Å². The minimum atomic E-state index is -1.02. The Labute approximate surface area is 142 Å². The number of pyridine rings is 1. The van der Waals surface area contributed by atoms with Gasteiger partial charge in [-0.3, -0.25) is 9.78 Å². The molecule has 6 heteroatoms. The fraction of sp³-hybridized carbons (Fsp3) is 0.0556. The Morgan fingerprint density at radius 2 is 1.96 bits per heavy atom. The van der Waals surface area contributed by atoms with Crippen LogP contribution in [0.25, 0.3) is 10.8 Å². The first-order valence-corrected chi connectivity index (χ1v) is 7.56. The van der Waals surface area contributed by atoms with Gasteiger partial charge in [0.2, 0.25) is 5.91 Å². The second kappa shape index (κ2) is 6.68. The number of rotatable bonds is 4. The largest absolute Gasteiger partial charge is 0.478 e. The second-order valence-corrected chi connectivity index (χ2v) is 5.72. The molecule has 0 saturated heterocycles. The van der Waals surface area contributed by atoms with E-state index in [1.165, 1.54) is 18.3 Å². The fourth-order valence-corrected chi connectivity index (χ4v) is 2.64. The maximum absolute atomic E-state index is 12.3. The van der Waals surface area contributed by atoms with E-state index in [2.05, 4.69) is 10.3 Å². The fourth-order valence-electron chi connectivity index (χ4n) is 2.42. The molecule has 2 N–H and O–H groups in total. The third-order valence-electron chi connectivity index (χ3n) is 3.54. The van der Waals surface area contributed by atoms with Crippen LogP contribution in [0.3, 0.4) is 0 Å². The number of carboxylic acid groups (broad SMARTS) is 1. The monoisotopic (exact) mass is 340 g/mol. The van der Waals surface area contributed by atoms with Gasteiger partial charge in [-0.2, -0.15) is 0 Å². The van der Waals surface area contributed by atoms with Crippen LogP contribution in [-0.2, 0) is 11.2 Å². The number of carbonyl (C=O) groups excluding carboxylic acids is 1. The first-order chi connectivity index (χ1) is 11.5. The minimum absolute atomic E-state index is 0.152. The molecule has 0 spiro atoms. The van der Waals surface area contributed by atoms with Crippen molar-refractivity contribution in [3.8, 4) is 0 Å². The molecular weight excluding hydrogens is 328 g/mol. The number of nitrogens with one attached hydrogen (secondary N) is 1. The van der Waals surface area contributed by atoms with Gasteiger partial charge in [-0.1, -0.05) is 29.8 Å². The summed E-state index contributed by atoms with van der Waals surface area (Å²) in [6, 6.07) is 11.8. The number of fused-ring (bicyclic) bond motifs is 1. The third kappa shape index (κ3) is 3.52. The van der Waals surface area contributed by atoms with Gasteiger partial charge in [-0.05, 0) is 29.8 Å². The van der Waals surface area contributed by atoms with E-state index in [9.17, 15) is 9.59 Å². The highest BCUT2D eigenvalue weighted by Gasteiger charge is 2.10. The van der Waals surface area contributed by atoms with E-state index in [1.54, 1.807) is 30.5 Å². The number of carbonyl (C=O) groups is 2. The van der Waals surface area contributed by atoms with Crippen LogP contribution < -0.4 is 5.32 Å². The van der Waals surface area contributed by atoms with Crippen molar-refractivity contribution in [1.82, 2.24) is 4.98 Å². The molecule has 0 aliphatic heterocycles. The first kappa shape index (κ1) is 16.0. The second-order valence-electron chi connectivity index (χ2n) is 5.28. The predicted molar refractivity (Wildman–Crippen MR) is 92.5 cm³/mol. The minimum Gasteiger partial charge on any atom is -0.478 e. The van der Waals surface area contributed by atoms with E-state index >= 15 is 0 Å². The van der Waals surface area contributed by atoms with Gasteiger partial charge in [0.15, 0.2) is 0 Å². The number of carboxylic acids is 1. The van der Waals surface area contributed by atoms with Crippen LogP contribution in [0.1, 0.15) is 15.9 Å². The number of benzene rings is 2. The molecule has 0 atom stereocenters. The van der Waals surface area contributed by atoms with Gasteiger partial charge in [0, 0.05) is 22.0 Å². The summed E-state index contributed by atoms with van der Waals surface area (Å²) in [5, 5.41) is 13.9. The van der Waals surface area contributed by atoms with Crippen LogP contribution in [0.2, 0.25) is 5.02 Å². The highest BCUT2D eigenvalue weighted by Crippen LogP contribution is 2.24. The summed E-state index contributed by atoms with van der Waals surface area (Å²) in [5.41, 5.74) is 1.42. The predicted octanol–water partition coefficient (Wildman–Crippen LogP) is 3.77. The van der Waals surface area contributed by atoms with Crippen LogP contribution in [0, 0.1) is 0 Å². The number of nitrogens with zero attached hydrogens (tertiary/aromatic N) is 1.